The van der Waals surface area contributed by atoms with Gasteiger partial charge in [-0.05, 0) is 54.4 Å². The number of nitrogens with zero attached hydrogens (tertiary/aromatic N) is 2. The molecule has 1 aliphatic rings. The van der Waals surface area contributed by atoms with Crippen LogP contribution in [0.25, 0.3) is 0 Å². The summed E-state index contributed by atoms with van der Waals surface area (Å²) in [6.07, 6.45) is 2.07. The van der Waals surface area contributed by atoms with E-state index in [2.05, 4.69) is 34.3 Å². The van der Waals surface area contributed by atoms with Crippen LogP contribution in [-0.4, -0.2) is 27.8 Å². The number of hydrogen-bond donors (Lipinski definition) is 1. The van der Waals surface area contributed by atoms with E-state index < -0.39 is 0 Å². The first-order valence-corrected chi connectivity index (χ1v) is 11.1. The van der Waals surface area contributed by atoms with Crippen molar-refractivity contribution in [3.05, 3.63) is 125 Å². The highest BCUT2D eigenvalue weighted by atomic mass is 16.2. The Labute approximate surface area is 193 Å². The van der Waals surface area contributed by atoms with Crippen molar-refractivity contribution in [2.45, 2.75) is 19.5 Å². The lowest BCUT2D eigenvalue weighted by Gasteiger charge is -2.37. The predicted molar refractivity (Wildman–Crippen MR) is 129 cm³/mol. The van der Waals surface area contributed by atoms with Gasteiger partial charge >= 0.3 is 0 Å². The van der Waals surface area contributed by atoms with Gasteiger partial charge < -0.3 is 14.8 Å². The van der Waals surface area contributed by atoms with Crippen LogP contribution in [0.4, 0.5) is 5.69 Å². The van der Waals surface area contributed by atoms with Crippen molar-refractivity contribution in [3.63, 3.8) is 0 Å². The van der Waals surface area contributed by atoms with Crippen molar-refractivity contribution >= 4 is 17.5 Å². The summed E-state index contributed by atoms with van der Waals surface area (Å²) < 4.78 is 2.21. The van der Waals surface area contributed by atoms with E-state index in [4.69, 9.17) is 0 Å². The second-order valence-corrected chi connectivity index (χ2v) is 8.29. The minimum atomic E-state index is -0.193. The van der Waals surface area contributed by atoms with Crippen molar-refractivity contribution in [3.8, 4) is 0 Å². The van der Waals surface area contributed by atoms with Crippen LogP contribution in [-0.2, 0) is 6.54 Å². The fourth-order valence-electron chi connectivity index (χ4n) is 4.43. The Morgan fingerprint density at radius 3 is 2.30 bits per heavy atom. The molecule has 0 bridgehead atoms. The summed E-state index contributed by atoms with van der Waals surface area (Å²) in [5.41, 5.74) is 4.87. The summed E-state index contributed by atoms with van der Waals surface area (Å²) in [5.74, 6) is -0.243. The van der Waals surface area contributed by atoms with Crippen LogP contribution in [0.15, 0.2) is 97.2 Å². The third-order valence-electron chi connectivity index (χ3n) is 6.18. The van der Waals surface area contributed by atoms with Gasteiger partial charge in [0.05, 0.1) is 6.04 Å². The van der Waals surface area contributed by atoms with Crippen molar-refractivity contribution in [2.24, 2.45) is 0 Å². The number of hydrogen-bond acceptors (Lipinski definition) is 2. The molecule has 0 fully saturated rings. The summed E-state index contributed by atoms with van der Waals surface area (Å²) in [5, 5.41) is 2.97. The highest BCUT2D eigenvalue weighted by molar-refractivity contribution is 6.05. The molecule has 0 saturated carbocycles. The number of rotatable bonds is 4. The van der Waals surface area contributed by atoms with Gasteiger partial charge in [0.15, 0.2) is 0 Å². The Bertz CT molecular complexity index is 1300. The molecule has 3 aromatic carbocycles. The van der Waals surface area contributed by atoms with Crippen LogP contribution < -0.4 is 5.32 Å². The molecule has 2 heterocycles. The molecule has 164 valence electrons. The smallest absolute Gasteiger partial charge is 0.255 e. The number of nitrogens with one attached hydrogen (secondary N) is 1. The fraction of sp³-hybridized carbons (Fsp3) is 0.143. The summed E-state index contributed by atoms with van der Waals surface area (Å²) in [4.78, 5) is 28.4. The summed E-state index contributed by atoms with van der Waals surface area (Å²) in [6.45, 7) is 3.29. The Balaban J connectivity index is 1.46. The standard InChI is InChI=1S/C28H25N3O2/c1-20-14-15-23(19-24(20)29-27(32)22-11-6-3-7-12-22)28(33)31-18-17-30-16-8-13-25(30)26(31)21-9-4-2-5-10-21/h2-16,19,26H,17-18H2,1H3,(H,29,32). The summed E-state index contributed by atoms with van der Waals surface area (Å²) >= 11 is 0. The van der Waals surface area contributed by atoms with E-state index in [0.29, 0.717) is 23.4 Å². The SMILES string of the molecule is Cc1ccc(C(=O)N2CCn3cccc3C2c2ccccc2)cc1NC(=O)c1ccccc1. The van der Waals surface area contributed by atoms with Crippen LogP contribution in [0.2, 0.25) is 0 Å². The molecule has 1 aromatic heterocycles. The average molecular weight is 436 g/mol. The molecule has 5 nitrogen and oxygen atoms in total. The van der Waals surface area contributed by atoms with Crippen molar-refractivity contribution in [2.75, 3.05) is 11.9 Å². The van der Waals surface area contributed by atoms with Crippen molar-refractivity contribution in [1.82, 2.24) is 9.47 Å². The Kier molecular flexibility index (Phi) is 5.53. The molecule has 0 radical (unpaired) electrons. The Morgan fingerprint density at radius 1 is 0.818 bits per heavy atom. The highest BCUT2D eigenvalue weighted by Crippen LogP contribution is 2.34. The second-order valence-electron chi connectivity index (χ2n) is 8.29. The predicted octanol–water partition coefficient (Wildman–Crippen LogP) is 5.29. The molecule has 1 aliphatic heterocycles. The van der Waals surface area contributed by atoms with Gasteiger partial charge in [-0.3, -0.25) is 9.59 Å². The van der Waals surface area contributed by atoms with E-state index in [1.165, 1.54) is 0 Å². The zero-order valence-electron chi connectivity index (χ0n) is 18.4. The van der Waals surface area contributed by atoms with Gasteiger partial charge in [0, 0.05) is 41.8 Å². The molecule has 33 heavy (non-hydrogen) atoms. The maximum atomic E-state index is 13.7. The minimum Gasteiger partial charge on any atom is -0.348 e. The number of aryl methyl sites for hydroxylation is 1. The molecular formula is C28H25N3O2. The van der Waals surface area contributed by atoms with Crippen LogP contribution in [0, 0.1) is 6.92 Å². The third-order valence-corrected chi connectivity index (χ3v) is 6.18. The first-order valence-electron chi connectivity index (χ1n) is 11.1. The summed E-state index contributed by atoms with van der Waals surface area (Å²) in [7, 11) is 0. The maximum Gasteiger partial charge on any atom is 0.255 e. The summed E-state index contributed by atoms with van der Waals surface area (Å²) in [6, 6.07) is 28.7. The Hall–Kier alpha value is -4.12. The Morgan fingerprint density at radius 2 is 1.55 bits per heavy atom. The normalized spacial score (nSPS) is 15.1. The topological polar surface area (TPSA) is 54.3 Å². The monoisotopic (exact) mass is 435 g/mol. The number of fused-ring (bicyclic) bond motifs is 1. The van der Waals surface area contributed by atoms with Gasteiger partial charge in [0.1, 0.15) is 0 Å². The number of carbonyl (C=O) groups is 2. The van der Waals surface area contributed by atoms with Crippen LogP contribution in [0.1, 0.15) is 43.6 Å². The van der Waals surface area contributed by atoms with E-state index >= 15 is 0 Å². The lowest BCUT2D eigenvalue weighted by atomic mass is 9.98. The first kappa shape index (κ1) is 20.8. The zero-order valence-corrected chi connectivity index (χ0v) is 18.4. The van der Waals surface area contributed by atoms with Crippen molar-refractivity contribution < 1.29 is 9.59 Å². The number of carbonyl (C=O) groups excluding carboxylic acids is 2. The highest BCUT2D eigenvalue weighted by Gasteiger charge is 2.32. The molecule has 2 amide bonds. The van der Waals surface area contributed by atoms with E-state index in [1.54, 1.807) is 18.2 Å². The third kappa shape index (κ3) is 4.05. The minimum absolute atomic E-state index is 0.0495. The van der Waals surface area contributed by atoms with Gasteiger partial charge in [0.2, 0.25) is 0 Å². The van der Waals surface area contributed by atoms with Gasteiger partial charge in [-0.25, -0.2) is 0 Å². The molecule has 0 spiro atoms. The van der Waals surface area contributed by atoms with E-state index in [-0.39, 0.29) is 17.9 Å². The number of benzene rings is 3. The van der Waals surface area contributed by atoms with Crippen molar-refractivity contribution in [1.29, 1.82) is 0 Å². The lowest BCUT2D eigenvalue weighted by molar-refractivity contribution is 0.0664. The molecule has 4 aromatic rings. The molecule has 1 unspecified atom stereocenters. The average Bonchev–Trinajstić information content (AvgIpc) is 3.34. The van der Waals surface area contributed by atoms with Crippen LogP contribution >= 0.6 is 0 Å². The van der Waals surface area contributed by atoms with Crippen LogP contribution in [0.3, 0.4) is 0 Å². The van der Waals surface area contributed by atoms with E-state index in [1.807, 2.05) is 66.4 Å². The first-order chi connectivity index (χ1) is 16.1. The molecule has 1 N–H and O–H groups in total. The molecular weight excluding hydrogens is 410 g/mol. The fourth-order valence-corrected chi connectivity index (χ4v) is 4.43. The van der Waals surface area contributed by atoms with E-state index in [9.17, 15) is 9.59 Å². The molecule has 0 saturated heterocycles. The maximum absolute atomic E-state index is 13.7. The molecule has 5 rings (SSSR count). The second kappa shape index (κ2) is 8.79. The number of anilines is 1. The van der Waals surface area contributed by atoms with Gasteiger partial charge in [-0.15, -0.1) is 0 Å². The largest absolute Gasteiger partial charge is 0.348 e. The quantitative estimate of drug-likeness (QED) is 0.473. The lowest BCUT2D eigenvalue weighted by Crippen LogP contribution is -2.42. The number of aromatic nitrogens is 1. The molecule has 5 heteroatoms. The molecule has 0 aliphatic carbocycles. The van der Waals surface area contributed by atoms with Crippen LogP contribution in [0.5, 0.6) is 0 Å². The zero-order chi connectivity index (χ0) is 22.8. The number of amides is 2. The molecule has 1 atom stereocenters. The van der Waals surface area contributed by atoms with Gasteiger partial charge in [-0.2, -0.15) is 0 Å². The van der Waals surface area contributed by atoms with Gasteiger partial charge in [0.25, 0.3) is 11.8 Å². The van der Waals surface area contributed by atoms with E-state index in [0.717, 1.165) is 23.4 Å². The van der Waals surface area contributed by atoms with Gasteiger partial charge in [-0.1, -0.05) is 54.6 Å².